The van der Waals surface area contributed by atoms with Crippen molar-refractivity contribution in [2.24, 2.45) is 0 Å². The fraction of sp³-hybridized carbons (Fsp3) is 0.143. The molecule has 0 radical (unpaired) electrons. The van der Waals surface area contributed by atoms with Gasteiger partial charge in [-0.15, -0.1) is 0 Å². The molecule has 4 heteroatoms. The van der Waals surface area contributed by atoms with Gasteiger partial charge in [0.15, 0.2) is 0 Å². The van der Waals surface area contributed by atoms with Crippen LogP contribution >= 0.6 is 0 Å². The van der Waals surface area contributed by atoms with Crippen LogP contribution in [0.3, 0.4) is 0 Å². The Bertz CT molecular complexity index is 511. The molecule has 0 aromatic heterocycles. The predicted molar refractivity (Wildman–Crippen MR) is 74.1 cm³/mol. The summed E-state index contributed by atoms with van der Waals surface area (Å²) in [5, 5.41) is 0. The first-order valence-corrected chi connectivity index (χ1v) is 6.99. The van der Waals surface area contributed by atoms with Crippen LogP contribution in [-0.4, -0.2) is 16.6 Å². The van der Waals surface area contributed by atoms with E-state index in [9.17, 15) is 4.21 Å². The Morgan fingerprint density at radius 1 is 1.00 bits per heavy atom. The maximum absolute atomic E-state index is 11.9. The van der Waals surface area contributed by atoms with E-state index < -0.39 is 10.8 Å². The highest BCUT2D eigenvalue weighted by molar-refractivity contribution is 7.85. The van der Waals surface area contributed by atoms with Crippen molar-refractivity contribution in [3.8, 4) is 5.75 Å². The van der Waals surface area contributed by atoms with Crippen LogP contribution in [0.25, 0.3) is 0 Å². The van der Waals surface area contributed by atoms with Crippen molar-refractivity contribution in [2.45, 2.75) is 4.90 Å². The number of hydrogen-bond donors (Lipinski definition) is 1. The van der Waals surface area contributed by atoms with E-state index in [0.29, 0.717) is 18.0 Å². The highest BCUT2D eigenvalue weighted by Crippen LogP contribution is 2.13. The van der Waals surface area contributed by atoms with Gasteiger partial charge in [-0.25, -0.2) is 0 Å². The summed E-state index contributed by atoms with van der Waals surface area (Å²) in [6, 6.07) is 16.6. The lowest BCUT2D eigenvalue weighted by atomic mass is 10.3. The van der Waals surface area contributed by atoms with E-state index in [1.54, 1.807) is 24.3 Å². The minimum Gasteiger partial charge on any atom is -0.493 e. The van der Waals surface area contributed by atoms with E-state index in [4.69, 9.17) is 10.5 Å². The van der Waals surface area contributed by atoms with Crippen molar-refractivity contribution in [3.05, 3.63) is 54.6 Å². The van der Waals surface area contributed by atoms with Gasteiger partial charge in [0.1, 0.15) is 12.4 Å². The Morgan fingerprint density at radius 3 is 2.33 bits per heavy atom. The van der Waals surface area contributed by atoms with Crippen LogP contribution in [0.1, 0.15) is 0 Å². The number of ether oxygens (including phenoxy) is 1. The molecule has 0 aliphatic carbocycles. The van der Waals surface area contributed by atoms with E-state index in [2.05, 4.69) is 0 Å². The highest BCUT2D eigenvalue weighted by atomic mass is 32.2. The average Bonchev–Trinajstić information content (AvgIpc) is 2.42. The minimum absolute atomic E-state index is 0.422. The second-order valence-electron chi connectivity index (χ2n) is 3.78. The summed E-state index contributed by atoms with van der Waals surface area (Å²) in [5.74, 6) is 1.23. The Labute approximate surface area is 109 Å². The Hall–Kier alpha value is -1.81. The third-order valence-corrected chi connectivity index (χ3v) is 3.76. The van der Waals surface area contributed by atoms with Crippen LogP contribution in [0.2, 0.25) is 0 Å². The molecule has 0 spiro atoms. The monoisotopic (exact) mass is 261 g/mol. The third kappa shape index (κ3) is 3.60. The Balaban J connectivity index is 1.82. The van der Waals surface area contributed by atoms with Gasteiger partial charge in [-0.3, -0.25) is 4.21 Å². The standard InChI is InChI=1S/C14H15NO2S/c15-12-6-8-13(9-7-12)17-10-11-18(16)14-4-2-1-3-5-14/h1-9H,10-11,15H2. The van der Waals surface area contributed by atoms with Gasteiger partial charge in [0, 0.05) is 10.6 Å². The highest BCUT2D eigenvalue weighted by Gasteiger charge is 2.03. The van der Waals surface area contributed by atoms with Gasteiger partial charge < -0.3 is 10.5 Å². The molecule has 2 N–H and O–H groups in total. The molecule has 18 heavy (non-hydrogen) atoms. The van der Waals surface area contributed by atoms with Crippen molar-refractivity contribution >= 4 is 16.5 Å². The molecule has 0 saturated carbocycles. The molecule has 2 aromatic rings. The summed E-state index contributed by atoms with van der Waals surface area (Å²) in [6.45, 7) is 0.422. The zero-order valence-corrected chi connectivity index (χ0v) is 10.7. The molecular formula is C14H15NO2S. The molecule has 0 aliphatic rings. The third-order valence-electron chi connectivity index (χ3n) is 2.42. The molecular weight excluding hydrogens is 246 g/mol. The van der Waals surface area contributed by atoms with E-state index in [0.717, 1.165) is 10.6 Å². The van der Waals surface area contributed by atoms with E-state index >= 15 is 0 Å². The van der Waals surface area contributed by atoms with Crippen molar-refractivity contribution in [3.63, 3.8) is 0 Å². The normalized spacial score (nSPS) is 12.0. The molecule has 0 saturated heterocycles. The summed E-state index contributed by atoms with van der Waals surface area (Å²) in [7, 11) is -1.01. The molecule has 1 atom stereocenters. The topological polar surface area (TPSA) is 52.3 Å². The number of hydrogen-bond acceptors (Lipinski definition) is 3. The summed E-state index contributed by atoms with van der Waals surface area (Å²) in [5.41, 5.74) is 6.28. The van der Waals surface area contributed by atoms with Gasteiger partial charge in [0.25, 0.3) is 0 Å². The molecule has 2 rings (SSSR count). The lowest BCUT2D eigenvalue weighted by molar-refractivity contribution is 0.342. The van der Waals surface area contributed by atoms with Crippen molar-refractivity contribution in [2.75, 3.05) is 18.1 Å². The molecule has 94 valence electrons. The van der Waals surface area contributed by atoms with Gasteiger partial charge in [-0.05, 0) is 36.4 Å². The summed E-state index contributed by atoms with van der Waals surface area (Å²) < 4.78 is 17.4. The fourth-order valence-electron chi connectivity index (χ4n) is 1.49. The first kappa shape index (κ1) is 12.6. The van der Waals surface area contributed by atoms with Crippen LogP contribution in [0.5, 0.6) is 5.75 Å². The number of rotatable bonds is 5. The van der Waals surface area contributed by atoms with Crippen LogP contribution in [-0.2, 0) is 10.8 Å². The molecule has 1 unspecified atom stereocenters. The van der Waals surface area contributed by atoms with Crippen LogP contribution in [0.15, 0.2) is 59.5 Å². The predicted octanol–water partition coefficient (Wildman–Crippen LogP) is 2.46. The average molecular weight is 261 g/mol. The smallest absolute Gasteiger partial charge is 0.119 e. The SMILES string of the molecule is Nc1ccc(OCCS(=O)c2ccccc2)cc1. The van der Waals surface area contributed by atoms with Gasteiger partial charge in [0.2, 0.25) is 0 Å². The van der Waals surface area contributed by atoms with Gasteiger partial charge in [-0.2, -0.15) is 0 Å². The summed E-state index contributed by atoms with van der Waals surface area (Å²) in [4.78, 5) is 0.832. The lowest BCUT2D eigenvalue weighted by Gasteiger charge is -2.06. The van der Waals surface area contributed by atoms with Gasteiger partial charge >= 0.3 is 0 Å². The fourth-order valence-corrected chi connectivity index (χ4v) is 2.42. The second kappa shape index (κ2) is 6.21. The first-order chi connectivity index (χ1) is 8.75. The number of anilines is 1. The van der Waals surface area contributed by atoms with Crippen LogP contribution < -0.4 is 10.5 Å². The zero-order valence-electron chi connectivity index (χ0n) is 9.91. The first-order valence-electron chi connectivity index (χ1n) is 5.67. The number of nitrogen functional groups attached to an aromatic ring is 1. The maximum atomic E-state index is 11.9. The number of nitrogens with two attached hydrogens (primary N) is 1. The molecule has 0 bridgehead atoms. The summed E-state index contributed by atoms with van der Waals surface area (Å²) >= 11 is 0. The van der Waals surface area contributed by atoms with Crippen LogP contribution in [0, 0.1) is 0 Å². The summed E-state index contributed by atoms with van der Waals surface area (Å²) in [6.07, 6.45) is 0. The molecule has 0 fully saturated rings. The number of benzene rings is 2. The van der Waals surface area contributed by atoms with Gasteiger partial charge in [-0.1, -0.05) is 18.2 Å². The molecule has 0 aliphatic heterocycles. The van der Waals surface area contributed by atoms with Crippen molar-refractivity contribution < 1.29 is 8.95 Å². The molecule has 3 nitrogen and oxygen atoms in total. The molecule has 0 amide bonds. The van der Waals surface area contributed by atoms with Crippen molar-refractivity contribution in [1.82, 2.24) is 0 Å². The molecule has 0 heterocycles. The van der Waals surface area contributed by atoms with E-state index in [-0.39, 0.29) is 0 Å². The maximum Gasteiger partial charge on any atom is 0.119 e. The molecule has 2 aromatic carbocycles. The van der Waals surface area contributed by atoms with Crippen molar-refractivity contribution in [1.29, 1.82) is 0 Å². The van der Waals surface area contributed by atoms with E-state index in [1.807, 2.05) is 30.3 Å². The van der Waals surface area contributed by atoms with Crippen LogP contribution in [0.4, 0.5) is 5.69 Å². The quantitative estimate of drug-likeness (QED) is 0.841. The Morgan fingerprint density at radius 2 is 1.67 bits per heavy atom. The second-order valence-corrected chi connectivity index (χ2v) is 5.35. The largest absolute Gasteiger partial charge is 0.493 e. The zero-order chi connectivity index (χ0) is 12.8. The van der Waals surface area contributed by atoms with E-state index in [1.165, 1.54) is 0 Å². The lowest BCUT2D eigenvalue weighted by Crippen LogP contribution is -2.08. The minimum atomic E-state index is -1.01. The van der Waals surface area contributed by atoms with Gasteiger partial charge in [0.05, 0.1) is 16.6 Å². The Kier molecular flexibility index (Phi) is 4.36.